The van der Waals surface area contributed by atoms with Crippen LogP contribution < -0.4 is 4.90 Å². The van der Waals surface area contributed by atoms with Gasteiger partial charge in [0.2, 0.25) is 0 Å². The number of hydrogen-bond acceptors (Lipinski definition) is 5. The van der Waals surface area contributed by atoms with E-state index in [1.807, 2.05) is 0 Å². The Hall–Kier alpha value is -3.20. The molecule has 0 spiro atoms. The highest BCUT2D eigenvalue weighted by atomic mass is 19.1. The van der Waals surface area contributed by atoms with Crippen LogP contribution in [0.15, 0.2) is 42.5 Å². The maximum absolute atomic E-state index is 14.9. The van der Waals surface area contributed by atoms with E-state index in [4.69, 9.17) is 9.47 Å². The molecule has 2 amide bonds. The summed E-state index contributed by atoms with van der Waals surface area (Å²) in [5.41, 5.74) is 1.45. The molecule has 1 heterocycles. The van der Waals surface area contributed by atoms with Crippen LogP contribution >= 0.6 is 0 Å². The van der Waals surface area contributed by atoms with Crippen molar-refractivity contribution in [2.45, 2.75) is 45.4 Å². The number of amides is 2. The zero-order valence-corrected chi connectivity index (χ0v) is 19.6. The number of aliphatic hydroxyl groups excluding tert-OH is 1. The number of rotatable bonds is 8. The molecule has 0 bridgehead atoms. The van der Waals surface area contributed by atoms with Crippen LogP contribution in [0.1, 0.15) is 32.8 Å². The second-order valence-corrected chi connectivity index (χ2v) is 9.10. The number of aliphatic hydroxyl groups is 1. The van der Waals surface area contributed by atoms with E-state index in [1.165, 1.54) is 15.9 Å². The molecule has 0 radical (unpaired) electrons. The van der Waals surface area contributed by atoms with Crippen molar-refractivity contribution in [3.05, 3.63) is 53.8 Å². The Morgan fingerprint density at radius 1 is 1.24 bits per heavy atom. The zero-order chi connectivity index (χ0) is 24.9. The fourth-order valence-electron chi connectivity index (χ4n) is 3.56. The number of anilines is 1. The summed E-state index contributed by atoms with van der Waals surface area (Å²) in [5, 5.41) is 9.17. The number of nitrogens with zero attached hydrogens (tertiary/aromatic N) is 2. The summed E-state index contributed by atoms with van der Waals surface area (Å²) in [6, 6.07) is 11.5. The van der Waals surface area contributed by atoms with Gasteiger partial charge >= 0.3 is 12.2 Å². The third kappa shape index (κ3) is 6.44. The first kappa shape index (κ1) is 25.4. The van der Waals surface area contributed by atoms with E-state index in [0.29, 0.717) is 16.8 Å². The zero-order valence-electron chi connectivity index (χ0n) is 19.6. The molecule has 0 aliphatic carbocycles. The van der Waals surface area contributed by atoms with Gasteiger partial charge in [-0.25, -0.2) is 14.0 Å². The van der Waals surface area contributed by atoms with Crippen molar-refractivity contribution in [3.63, 3.8) is 0 Å². The first-order valence-corrected chi connectivity index (χ1v) is 11.1. The number of carbonyl (C=O) groups is 2. The fourth-order valence-corrected chi connectivity index (χ4v) is 3.56. The first-order chi connectivity index (χ1) is 16.1. The van der Waals surface area contributed by atoms with E-state index in [9.17, 15) is 23.5 Å². The lowest BCUT2D eigenvalue weighted by atomic mass is 10.0. The smallest absolute Gasteiger partial charge is 0.414 e. The normalized spacial score (nSPS) is 15.9. The molecule has 0 aromatic heterocycles. The topological polar surface area (TPSA) is 79.3 Å². The van der Waals surface area contributed by atoms with Gasteiger partial charge in [0, 0.05) is 18.7 Å². The largest absolute Gasteiger partial charge is 0.444 e. The fraction of sp³-hybridized carbons (Fsp3) is 0.440. The predicted octanol–water partition coefficient (Wildman–Crippen LogP) is 4.91. The second kappa shape index (κ2) is 10.8. The summed E-state index contributed by atoms with van der Waals surface area (Å²) in [6.07, 6.45) is -1.57. The SMILES string of the molecule is CC(C)(C)OC(=O)N(CCCF)Cc1ccc(-c2ccc(N3CC(CO)OC3=O)cc2F)cc1. The Kier molecular flexibility index (Phi) is 8.09. The van der Waals surface area contributed by atoms with Crippen molar-refractivity contribution in [2.24, 2.45) is 0 Å². The molecule has 1 N–H and O–H groups in total. The number of hydrogen-bond donors (Lipinski definition) is 1. The highest BCUT2D eigenvalue weighted by Gasteiger charge is 2.32. The van der Waals surface area contributed by atoms with E-state index >= 15 is 0 Å². The van der Waals surface area contributed by atoms with Gasteiger partial charge < -0.3 is 19.5 Å². The highest BCUT2D eigenvalue weighted by molar-refractivity contribution is 5.90. The number of alkyl halides is 1. The molecule has 2 aromatic carbocycles. The predicted molar refractivity (Wildman–Crippen MR) is 124 cm³/mol. The lowest BCUT2D eigenvalue weighted by Crippen LogP contribution is -2.37. The number of ether oxygens (including phenoxy) is 2. The molecule has 1 fully saturated rings. The molecule has 3 rings (SSSR count). The Labute approximate surface area is 197 Å². The average molecular weight is 477 g/mol. The molecule has 9 heteroatoms. The highest BCUT2D eigenvalue weighted by Crippen LogP contribution is 2.29. The minimum atomic E-state index is -0.663. The standard InChI is InChI=1S/C25H30F2N2O5/c1-25(2,3)34-23(31)28(12-4-11-26)14-17-5-7-18(8-6-17)21-10-9-19(13-22(21)27)29-15-20(16-30)33-24(29)32/h5-10,13,20,30H,4,11-12,14-16H2,1-3H3. The van der Waals surface area contributed by atoms with Crippen LogP contribution in [0.25, 0.3) is 11.1 Å². The number of cyclic esters (lactones) is 1. The van der Waals surface area contributed by atoms with E-state index in [2.05, 4.69) is 0 Å². The van der Waals surface area contributed by atoms with E-state index < -0.39 is 36.4 Å². The Morgan fingerprint density at radius 3 is 2.50 bits per heavy atom. The molecule has 1 saturated heterocycles. The quantitative estimate of drug-likeness (QED) is 0.586. The summed E-state index contributed by atoms with van der Waals surface area (Å²) in [4.78, 5) is 27.2. The summed E-state index contributed by atoms with van der Waals surface area (Å²) in [5.74, 6) is -0.510. The van der Waals surface area contributed by atoms with Crippen molar-refractivity contribution in [2.75, 3.05) is 31.3 Å². The molecular weight excluding hydrogens is 446 g/mol. The molecule has 1 aliphatic heterocycles. The van der Waals surface area contributed by atoms with Gasteiger partial charge in [-0.2, -0.15) is 0 Å². The van der Waals surface area contributed by atoms with Crippen molar-refractivity contribution in [1.29, 1.82) is 0 Å². The van der Waals surface area contributed by atoms with Crippen LogP contribution in [-0.4, -0.2) is 60.3 Å². The van der Waals surface area contributed by atoms with Crippen LogP contribution in [-0.2, 0) is 16.0 Å². The Bertz CT molecular complexity index is 1010. The van der Waals surface area contributed by atoms with Crippen LogP contribution in [0, 0.1) is 5.82 Å². The van der Waals surface area contributed by atoms with Gasteiger partial charge in [-0.15, -0.1) is 0 Å². The third-order valence-corrected chi connectivity index (χ3v) is 5.19. The molecule has 184 valence electrons. The molecule has 7 nitrogen and oxygen atoms in total. The summed E-state index contributed by atoms with van der Waals surface area (Å²) in [6.45, 7) is 5.08. The van der Waals surface area contributed by atoms with Gasteiger partial charge in [0.1, 0.15) is 17.5 Å². The first-order valence-electron chi connectivity index (χ1n) is 11.1. The monoisotopic (exact) mass is 476 g/mol. The number of benzene rings is 2. The summed E-state index contributed by atoms with van der Waals surface area (Å²) < 4.78 is 38.0. The molecular formula is C25H30F2N2O5. The van der Waals surface area contributed by atoms with Crippen molar-refractivity contribution < 1.29 is 33.0 Å². The van der Waals surface area contributed by atoms with Crippen molar-refractivity contribution in [1.82, 2.24) is 4.90 Å². The molecule has 1 atom stereocenters. The lowest BCUT2D eigenvalue weighted by Gasteiger charge is -2.27. The average Bonchev–Trinajstić information content (AvgIpc) is 3.16. The van der Waals surface area contributed by atoms with Crippen molar-refractivity contribution >= 4 is 17.9 Å². The van der Waals surface area contributed by atoms with Crippen LogP contribution in [0.4, 0.5) is 24.1 Å². The molecule has 1 aliphatic rings. The lowest BCUT2D eigenvalue weighted by molar-refractivity contribution is 0.0228. The van der Waals surface area contributed by atoms with Crippen molar-refractivity contribution in [3.8, 4) is 11.1 Å². The number of halogens is 2. The van der Waals surface area contributed by atoms with Gasteiger partial charge in [-0.3, -0.25) is 9.29 Å². The van der Waals surface area contributed by atoms with Gasteiger partial charge in [-0.1, -0.05) is 24.3 Å². The second-order valence-electron chi connectivity index (χ2n) is 9.10. The van der Waals surface area contributed by atoms with Gasteiger partial charge in [0.25, 0.3) is 0 Å². The van der Waals surface area contributed by atoms with Gasteiger partial charge in [-0.05, 0) is 56.5 Å². The van der Waals surface area contributed by atoms with Gasteiger partial charge in [0.05, 0.1) is 25.5 Å². The third-order valence-electron chi connectivity index (χ3n) is 5.19. The maximum atomic E-state index is 14.9. The maximum Gasteiger partial charge on any atom is 0.414 e. The Balaban J connectivity index is 1.73. The Morgan fingerprint density at radius 2 is 1.94 bits per heavy atom. The minimum Gasteiger partial charge on any atom is -0.444 e. The van der Waals surface area contributed by atoms with Crippen LogP contribution in [0.5, 0.6) is 0 Å². The summed E-state index contributed by atoms with van der Waals surface area (Å²) >= 11 is 0. The van der Waals surface area contributed by atoms with E-state index in [0.717, 1.165) is 5.56 Å². The molecule has 0 saturated carbocycles. The molecule has 1 unspecified atom stereocenters. The molecule has 34 heavy (non-hydrogen) atoms. The molecule has 2 aromatic rings. The number of carbonyl (C=O) groups excluding carboxylic acids is 2. The van der Waals surface area contributed by atoms with Crippen LogP contribution in [0.3, 0.4) is 0 Å². The summed E-state index contributed by atoms with van der Waals surface area (Å²) in [7, 11) is 0. The van der Waals surface area contributed by atoms with Gasteiger partial charge in [0.15, 0.2) is 0 Å². The van der Waals surface area contributed by atoms with E-state index in [-0.39, 0.29) is 32.7 Å². The van der Waals surface area contributed by atoms with E-state index in [1.54, 1.807) is 57.2 Å². The van der Waals surface area contributed by atoms with Crippen LogP contribution in [0.2, 0.25) is 0 Å². The minimum absolute atomic E-state index is 0.152.